The summed E-state index contributed by atoms with van der Waals surface area (Å²) in [5.41, 5.74) is 1.03. The molecule has 2 rings (SSSR count). The zero-order chi connectivity index (χ0) is 15.7. The van der Waals surface area contributed by atoms with Gasteiger partial charge in [0, 0.05) is 0 Å². The molecule has 0 atom stereocenters. The standard InChI is InChI=1S/C16H14F3OSi/c1-15(2,20-21)13-8-6-11(7-9-13)12-4-3-5-14(10-12)16(17,18)19/h3-10H,1-2H3. The van der Waals surface area contributed by atoms with Crippen LogP contribution < -0.4 is 0 Å². The molecular formula is C16H14F3OSi. The predicted octanol–water partition coefficient (Wildman–Crippen LogP) is 4.71. The van der Waals surface area contributed by atoms with Gasteiger partial charge in [-0.1, -0.05) is 36.4 Å². The second-order valence-electron chi connectivity index (χ2n) is 5.27. The van der Waals surface area contributed by atoms with E-state index in [1.165, 1.54) is 6.07 Å². The summed E-state index contributed by atoms with van der Waals surface area (Å²) < 4.78 is 43.4. The molecule has 0 amide bonds. The predicted molar refractivity (Wildman–Crippen MR) is 76.7 cm³/mol. The van der Waals surface area contributed by atoms with Gasteiger partial charge in [0.2, 0.25) is 10.5 Å². The van der Waals surface area contributed by atoms with Gasteiger partial charge < -0.3 is 4.43 Å². The highest BCUT2D eigenvalue weighted by atomic mass is 28.2. The molecule has 0 aliphatic heterocycles. The maximum Gasteiger partial charge on any atom is 0.416 e. The third-order valence-corrected chi connectivity index (χ3v) is 3.87. The minimum atomic E-state index is -4.33. The summed E-state index contributed by atoms with van der Waals surface area (Å²) in [7, 11) is 3.03. The molecule has 1 nitrogen and oxygen atoms in total. The van der Waals surface area contributed by atoms with Crippen LogP contribution in [-0.4, -0.2) is 10.5 Å². The molecule has 0 aromatic heterocycles. The lowest BCUT2D eigenvalue weighted by Crippen LogP contribution is -2.19. The third kappa shape index (κ3) is 3.54. The minimum absolute atomic E-state index is 0.511. The molecule has 0 saturated carbocycles. The monoisotopic (exact) mass is 307 g/mol. The summed E-state index contributed by atoms with van der Waals surface area (Å²) in [6.45, 7) is 3.78. The van der Waals surface area contributed by atoms with Gasteiger partial charge in [0.05, 0.1) is 11.2 Å². The summed E-state index contributed by atoms with van der Waals surface area (Å²) >= 11 is 0. The van der Waals surface area contributed by atoms with Crippen LogP contribution in [0.4, 0.5) is 13.2 Å². The van der Waals surface area contributed by atoms with Gasteiger partial charge in [-0.2, -0.15) is 13.2 Å². The molecule has 0 N–H and O–H groups in total. The summed E-state index contributed by atoms with van der Waals surface area (Å²) in [6.07, 6.45) is -4.33. The van der Waals surface area contributed by atoms with Crippen LogP contribution in [0.15, 0.2) is 48.5 Å². The number of hydrogen-bond donors (Lipinski definition) is 0. The van der Waals surface area contributed by atoms with E-state index in [2.05, 4.69) is 10.5 Å². The van der Waals surface area contributed by atoms with Crippen molar-refractivity contribution in [2.75, 3.05) is 0 Å². The van der Waals surface area contributed by atoms with Crippen LogP contribution >= 0.6 is 0 Å². The Bertz CT molecular complexity index is 618. The van der Waals surface area contributed by atoms with Crippen molar-refractivity contribution in [3.8, 4) is 11.1 Å². The first-order valence-corrected chi connectivity index (χ1v) is 6.78. The van der Waals surface area contributed by atoms with E-state index in [-0.39, 0.29) is 0 Å². The van der Waals surface area contributed by atoms with E-state index in [9.17, 15) is 13.2 Å². The van der Waals surface area contributed by atoms with Gasteiger partial charge in [-0.25, -0.2) is 0 Å². The van der Waals surface area contributed by atoms with E-state index in [0.29, 0.717) is 5.56 Å². The molecule has 0 saturated heterocycles. The fraction of sp³-hybridized carbons (Fsp3) is 0.250. The number of halogens is 3. The average Bonchev–Trinajstić information content (AvgIpc) is 2.47. The number of rotatable bonds is 3. The van der Waals surface area contributed by atoms with Crippen LogP contribution in [0.5, 0.6) is 0 Å². The van der Waals surface area contributed by atoms with Gasteiger partial charge in [-0.15, -0.1) is 0 Å². The summed E-state index contributed by atoms with van der Waals surface area (Å²) in [6, 6.07) is 12.6. The Kier molecular flexibility index (Phi) is 4.25. The number of benzene rings is 2. The van der Waals surface area contributed by atoms with E-state index in [4.69, 9.17) is 4.43 Å². The zero-order valence-corrected chi connectivity index (χ0v) is 12.7. The molecule has 109 valence electrons. The van der Waals surface area contributed by atoms with Crippen LogP contribution in [0.1, 0.15) is 25.0 Å². The first-order chi connectivity index (χ1) is 9.74. The molecule has 0 aliphatic rings. The van der Waals surface area contributed by atoms with Crippen LogP contribution in [0.3, 0.4) is 0 Å². The average molecular weight is 307 g/mol. The Morgan fingerprint density at radius 3 is 2.00 bits per heavy atom. The lowest BCUT2D eigenvalue weighted by molar-refractivity contribution is -0.137. The van der Waals surface area contributed by atoms with Crippen molar-refractivity contribution >= 4 is 10.5 Å². The molecule has 21 heavy (non-hydrogen) atoms. The van der Waals surface area contributed by atoms with Gasteiger partial charge in [0.25, 0.3) is 0 Å². The van der Waals surface area contributed by atoms with E-state index >= 15 is 0 Å². The van der Waals surface area contributed by atoms with E-state index in [1.54, 1.807) is 18.2 Å². The second-order valence-corrected chi connectivity index (χ2v) is 5.47. The summed E-state index contributed by atoms with van der Waals surface area (Å²) in [4.78, 5) is 0. The van der Waals surface area contributed by atoms with Crippen LogP contribution in [0, 0.1) is 0 Å². The molecule has 3 radical (unpaired) electrons. The Morgan fingerprint density at radius 2 is 1.48 bits per heavy atom. The van der Waals surface area contributed by atoms with Gasteiger partial charge in [-0.05, 0) is 42.7 Å². The van der Waals surface area contributed by atoms with Crippen molar-refractivity contribution < 1.29 is 17.6 Å². The van der Waals surface area contributed by atoms with Crippen molar-refractivity contribution in [1.82, 2.24) is 0 Å². The first kappa shape index (κ1) is 15.8. The molecular weight excluding hydrogens is 293 g/mol. The third-order valence-electron chi connectivity index (χ3n) is 3.36. The topological polar surface area (TPSA) is 9.23 Å². The second kappa shape index (κ2) is 5.65. The molecule has 0 unspecified atom stereocenters. The Balaban J connectivity index is 2.36. The van der Waals surface area contributed by atoms with Gasteiger partial charge in [0.1, 0.15) is 0 Å². The fourth-order valence-electron chi connectivity index (χ4n) is 2.00. The Hall–Kier alpha value is -1.59. The number of alkyl halides is 3. The van der Waals surface area contributed by atoms with Gasteiger partial charge >= 0.3 is 6.18 Å². The molecule has 2 aromatic carbocycles. The van der Waals surface area contributed by atoms with E-state index < -0.39 is 17.3 Å². The van der Waals surface area contributed by atoms with E-state index in [1.807, 2.05) is 26.0 Å². The SMILES string of the molecule is CC(C)(O[Si])c1ccc(-c2cccc(C(F)(F)F)c2)cc1. The highest BCUT2D eigenvalue weighted by Crippen LogP contribution is 2.33. The number of hydrogen-bond acceptors (Lipinski definition) is 1. The van der Waals surface area contributed by atoms with Crippen LogP contribution in [-0.2, 0) is 16.2 Å². The molecule has 5 heteroatoms. The van der Waals surface area contributed by atoms with Crippen molar-refractivity contribution in [2.45, 2.75) is 25.6 Å². The van der Waals surface area contributed by atoms with Crippen LogP contribution in [0.2, 0.25) is 0 Å². The highest BCUT2D eigenvalue weighted by molar-refractivity contribution is 5.98. The lowest BCUT2D eigenvalue weighted by atomic mass is 9.95. The van der Waals surface area contributed by atoms with Crippen LogP contribution in [0.25, 0.3) is 11.1 Å². The summed E-state index contributed by atoms with van der Waals surface area (Å²) in [5, 5.41) is 0. The lowest BCUT2D eigenvalue weighted by Gasteiger charge is -2.24. The minimum Gasteiger partial charge on any atom is -0.410 e. The smallest absolute Gasteiger partial charge is 0.410 e. The Labute approximate surface area is 125 Å². The molecule has 0 spiro atoms. The fourth-order valence-corrected chi connectivity index (χ4v) is 2.12. The van der Waals surface area contributed by atoms with Crippen molar-refractivity contribution in [1.29, 1.82) is 0 Å². The van der Waals surface area contributed by atoms with Gasteiger partial charge in [-0.3, -0.25) is 0 Å². The molecule has 0 aliphatic carbocycles. The Morgan fingerprint density at radius 1 is 0.857 bits per heavy atom. The normalized spacial score (nSPS) is 12.5. The first-order valence-electron chi connectivity index (χ1n) is 6.37. The molecule has 2 aromatic rings. The molecule has 0 fully saturated rings. The van der Waals surface area contributed by atoms with Crippen molar-refractivity contribution in [3.05, 3.63) is 59.7 Å². The maximum absolute atomic E-state index is 12.7. The maximum atomic E-state index is 12.7. The summed E-state index contributed by atoms with van der Waals surface area (Å²) in [5.74, 6) is 0. The molecule has 0 heterocycles. The zero-order valence-electron chi connectivity index (χ0n) is 11.7. The quantitative estimate of drug-likeness (QED) is 0.746. The van der Waals surface area contributed by atoms with Crippen molar-refractivity contribution in [3.63, 3.8) is 0 Å². The van der Waals surface area contributed by atoms with Crippen molar-refractivity contribution in [2.24, 2.45) is 0 Å². The largest absolute Gasteiger partial charge is 0.416 e. The highest BCUT2D eigenvalue weighted by Gasteiger charge is 2.30. The molecule has 0 bridgehead atoms. The van der Waals surface area contributed by atoms with Gasteiger partial charge in [0.15, 0.2) is 0 Å². The van der Waals surface area contributed by atoms with E-state index in [0.717, 1.165) is 23.3 Å².